The van der Waals surface area contributed by atoms with Crippen LogP contribution in [0.3, 0.4) is 0 Å². The topological polar surface area (TPSA) is 62.3 Å². The van der Waals surface area contributed by atoms with E-state index in [4.69, 9.17) is 0 Å². The molecule has 1 aromatic rings. The van der Waals surface area contributed by atoms with Crippen molar-refractivity contribution in [3.8, 4) is 0 Å². The predicted octanol–water partition coefficient (Wildman–Crippen LogP) is 6.72. The van der Waals surface area contributed by atoms with Crippen molar-refractivity contribution in [2.45, 2.75) is 77.2 Å². The minimum atomic E-state index is -0.0926. The standard InChI is InChI=1S/C31H43N3O2/c1-2-3-4-5-6-7-8-9-10-11-12-13-14-15-16-17-18-21-30(35)34-25-22-29(23-26-34)33-31(36)28-20-19-24-32-27-28/h3-4,6-7,9-10,12-13,15-16,19-20,24,27,29H,2,5,8,11,14,17-18,21-23,25-26H2,1H3,(H,33,36)/b4-3-,7-6-,10-9-,13-12-,16-15-. The Kier molecular flexibility index (Phi) is 15.3. The second-order valence-corrected chi connectivity index (χ2v) is 8.97. The molecular formula is C31H43N3O2. The van der Waals surface area contributed by atoms with Crippen molar-refractivity contribution in [1.82, 2.24) is 15.2 Å². The summed E-state index contributed by atoms with van der Waals surface area (Å²) in [5.74, 6) is 0.129. The van der Waals surface area contributed by atoms with Crippen LogP contribution in [-0.4, -0.2) is 40.8 Å². The third kappa shape index (κ3) is 13.0. The molecule has 1 N–H and O–H groups in total. The number of likely N-dealkylation sites (tertiary alicyclic amines) is 1. The predicted molar refractivity (Wildman–Crippen MR) is 150 cm³/mol. The van der Waals surface area contributed by atoms with Gasteiger partial charge in [-0.2, -0.15) is 0 Å². The summed E-state index contributed by atoms with van der Waals surface area (Å²) in [6.07, 6.45) is 34.2. The minimum absolute atomic E-state index is 0.0926. The Hall–Kier alpha value is -3.21. The van der Waals surface area contributed by atoms with Crippen molar-refractivity contribution in [2.75, 3.05) is 13.1 Å². The Morgan fingerprint density at radius 1 is 0.917 bits per heavy atom. The summed E-state index contributed by atoms with van der Waals surface area (Å²) in [4.78, 5) is 30.7. The average Bonchev–Trinajstić information content (AvgIpc) is 2.91. The van der Waals surface area contributed by atoms with Crippen LogP contribution in [0.5, 0.6) is 0 Å². The van der Waals surface area contributed by atoms with Crippen molar-refractivity contribution < 1.29 is 9.59 Å². The van der Waals surface area contributed by atoms with E-state index < -0.39 is 0 Å². The van der Waals surface area contributed by atoms with Gasteiger partial charge < -0.3 is 10.2 Å². The molecule has 0 atom stereocenters. The molecule has 0 spiro atoms. The van der Waals surface area contributed by atoms with Gasteiger partial charge in [0, 0.05) is 37.9 Å². The molecule has 2 amide bonds. The molecule has 0 unspecified atom stereocenters. The zero-order valence-corrected chi connectivity index (χ0v) is 21.9. The Balaban J connectivity index is 1.47. The first-order valence-electron chi connectivity index (χ1n) is 13.4. The molecule has 1 saturated heterocycles. The van der Waals surface area contributed by atoms with Gasteiger partial charge >= 0.3 is 0 Å². The van der Waals surface area contributed by atoms with E-state index in [-0.39, 0.29) is 17.9 Å². The number of rotatable bonds is 15. The Labute approximate surface area is 217 Å². The first-order valence-corrected chi connectivity index (χ1v) is 13.4. The van der Waals surface area contributed by atoms with Gasteiger partial charge in [-0.1, -0.05) is 67.7 Å². The number of aromatic nitrogens is 1. The largest absolute Gasteiger partial charge is 0.349 e. The van der Waals surface area contributed by atoms with E-state index in [2.05, 4.69) is 78.0 Å². The highest BCUT2D eigenvalue weighted by Gasteiger charge is 2.23. The molecule has 5 nitrogen and oxygen atoms in total. The number of allylic oxidation sites excluding steroid dienone is 10. The third-order valence-electron chi connectivity index (χ3n) is 6.03. The number of unbranched alkanes of at least 4 members (excludes halogenated alkanes) is 1. The molecule has 1 fully saturated rings. The zero-order chi connectivity index (χ0) is 25.7. The van der Waals surface area contributed by atoms with Crippen LogP contribution in [0.25, 0.3) is 0 Å². The quantitative estimate of drug-likeness (QED) is 0.220. The SMILES string of the molecule is CC/C=C\C/C=C\C/C=C\C/C=C\C/C=C\CCCC(=O)N1CCC(NC(=O)c2cccnc2)CC1. The fraction of sp³-hybridized carbons (Fsp3) is 0.452. The monoisotopic (exact) mass is 489 g/mol. The Morgan fingerprint density at radius 2 is 1.50 bits per heavy atom. The van der Waals surface area contributed by atoms with E-state index in [1.807, 2.05) is 4.90 Å². The maximum Gasteiger partial charge on any atom is 0.253 e. The number of nitrogens with one attached hydrogen (secondary N) is 1. The summed E-state index contributed by atoms with van der Waals surface area (Å²) in [5, 5.41) is 3.06. The molecule has 0 aliphatic carbocycles. The van der Waals surface area contributed by atoms with Crippen LogP contribution in [0.15, 0.2) is 85.3 Å². The lowest BCUT2D eigenvalue weighted by Crippen LogP contribution is -2.46. The van der Waals surface area contributed by atoms with E-state index >= 15 is 0 Å². The molecule has 1 aliphatic rings. The number of hydrogen-bond donors (Lipinski definition) is 1. The molecule has 194 valence electrons. The highest BCUT2D eigenvalue weighted by Crippen LogP contribution is 2.13. The normalized spacial score (nSPS) is 15.3. The van der Waals surface area contributed by atoms with Gasteiger partial charge in [-0.25, -0.2) is 0 Å². The minimum Gasteiger partial charge on any atom is -0.349 e. The van der Waals surface area contributed by atoms with E-state index in [0.29, 0.717) is 25.1 Å². The lowest BCUT2D eigenvalue weighted by atomic mass is 10.0. The van der Waals surface area contributed by atoms with Gasteiger partial charge in [0.05, 0.1) is 5.56 Å². The van der Waals surface area contributed by atoms with Crippen LogP contribution in [0.2, 0.25) is 0 Å². The maximum atomic E-state index is 12.5. The van der Waals surface area contributed by atoms with E-state index in [0.717, 1.165) is 57.8 Å². The van der Waals surface area contributed by atoms with Gasteiger partial charge in [-0.3, -0.25) is 14.6 Å². The van der Waals surface area contributed by atoms with Crippen LogP contribution >= 0.6 is 0 Å². The van der Waals surface area contributed by atoms with Crippen molar-refractivity contribution in [2.24, 2.45) is 0 Å². The molecule has 0 radical (unpaired) electrons. The summed E-state index contributed by atoms with van der Waals surface area (Å²) in [6.45, 7) is 3.56. The van der Waals surface area contributed by atoms with Gasteiger partial charge in [-0.05, 0) is 69.9 Å². The van der Waals surface area contributed by atoms with Crippen molar-refractivity contribution >= 4 is 11.8 Å². The number of pyridine rings is 1. The molecular weight excluding hydrogens is 446 g/mol. The van der Waals surface area contributed by atoms with Crippen molar-refractivity contribution in [3.05, 3.63) is 90.9 Å². The lowest BCUT2D eigenvalue weighted by molar-refractivity contribution is -0.132. The third-order valence-corrected chi connectivity index (χ3v) is 6.03. The van der Waals surface area contributed by atoms with Crippen LogP contribution in [0.4, 0.5) is 0 Å². The Morgan fingerprint density at radius 3 is 2.06 bits per heavy atom. The van der Waals surface area contributed by atoms with Crippen LogP contribution in [0, 0.1) is 0 Å². The molecule has 1 aliphatic heterocycles. The van der Waals surface area contributed by atoms with Gasteiger partial charge in [-0.15, -0.1) is 0 Å². The summed E-state index contributed by atoms with van der Waals surface area (Å²) in [5.41, 5.74) is 0.575. The zero-order valence-electron chi connectivity index (χ0n) is 21.9. The van der Waals surface area contributed by atoms with E-state index in [9.17, 15) is 9.59 Å². The van der Waals surface area contributed by atoms with Crippen molar-refractivity contribution in [1.29, 1.82) is 0 Å². The second-order valence-electron chi connectivity index (χ2n) is 8.97. The van der Waals surface area contributed by atoms with Crippen LogP contribution in [0.1, 0.15) is 81.5 Å². The molecule has 0 bridgehead atoms. The summed E-state index contributed by atoms with van der Waals surface area (Å²) < 4.78 is 0. The number of amides is 2. The van der Waals surface area contributed by atoms with E-state index in [1.54, 1.807) is 24.5 Å². The summed E-state index contributed by atoms with van der Waals surface area (Å²) in [7, 11) is 0. The van der Waals surface area contributed by atoms with Gasteiger partial charge in [0.15, 0.2) is 0 Å². The fourth-order valence-corrected chi connectivity index (χ4v) is 3.94. The van der Waals surface area contributed by atoms with Crippen LogP contribution in [-0.2, 0) is 4.79 Å². The molecule has 0 saturated carbocycles. The summed E-state index contributed by atoms with van der Waals surface area (Å²) >= 11 is 0. The number of piperidine rings is 1. The van der Waals surface area contributed by atoms with Gasteiger partial charge in [0.1, 0.15) is 0 Å². The smallest absolute Gasteiger partial charge is 0.253 e. The van der Waals surface area contributed by atoms with Gasteiger partial charge in [0.2, 0.25) is 5.91 Å². The van der Waals surface area contributed by atoms with Gasteiger partial charge in [0.25, 0.3) is 5.91 Å². The van der Waals surface area contributed by atoms with E-state index in [1.165, 1.54) is 0 Å². The first-order chi connectivity index (χ1) is 17.7. The molecule has 2 rings (SSSR count). The number of nitrogens with zero attached hydrogens (tertiary/aromatic N) is 2. The van der Waals surface area contributed by atoms with Crippen molar-refractivity contribution in [3.63, 3.8) is 0 Å². The first kappa shape index (κ1) is 29.0. The highest BCUT2D eigenvalue weighted by atomic mass is 16.2. The second kappa shape index (κ2) is 19.0. The number of carbonyl (C=O) groups is 2. The van der Waals surface area contributed by atoms with Crippen LogP contribution < -0.4 is 5.32 Å². The summed E-state index contributed by atoms with van der Waals surface area (Å²) in [6, 6.07) is 3.64. The number of carbonyl (C=O) groups excluding carboxylic acids is 2. The fourth-order valence-electron chi connectivity index (χ4n) is 3.94. The highest BCUT2D eigenvalue weighted by molar-refractivity contribution is 5.94. The molecule has 0 aromatic carbocycles. The molecule has 36 heavy (non-hydrogen) atoms. The average molecular weight is 490 g/mol. The molecule has 2 heterocycles. The maximum absolute atomic E-state index is 12.5. The molecule has 1 aromatic heterocycles. The lowest BCUT2D eigenvalue weighted by Gasteiger charge is -2.32. The Bertz CT molecular complexity index is 892. The molecule has 5 heteroatoms. The number of hydrogen-bond acceptors (Lipinski definition) is 3.